The number of hydrogen-bond donors (Lipinski definition) is 0. The molecule has 1 spiro atoms. The summed E-state index contributed by atoms with van der Waals surface area (Å²) in [5.41, 5.74) is 0.845. The topological polar surface area (TPSA) is 115 Å². The van der Waals surface area contributed by atoms with Crippen LogP contribution in [0.3, 0.4) is 0 Å². The molecule has 10 nitrogen and oxygen atoms in total. The highest BCUT2D eigenvalue weighted by Gasteiger charge is 2.55. The van der Waals surface area contributed by atoms with Gasteiger partial charge >= 0.3 is 11.6 Å². The van der Waals surface area contributed by atoms with Gasteiger partial charge in [0, 0.05) is 24.3 Å². The molecule has 2 fully saturated rings. The summed E-state index contributed by atoms with van der Waals surface area (Å²) in [5.74, 6) is 0.195. The van der Waals surface area contributed by atoms with Crippen LogP contribution < -0.4 is 19.8 Å². The maximum absolute atomic E-state index is 11.8. The van der Waals surface area contributed by atoms with E-state index in [1.165, 1.54) is 6.07 Å². The van der Waals surface area contributed by atoms with Crippen molar-refractivity contribution in [2.45, 2.75) is 57.1 Å². The summed E-state index contributed by atoms with van der Waals surface area (Å²) in [5, 5.41) is 2.24. The van der Waals surface area contributed by atoms with Crippen molar-refractivity contribution < 1.29 is 41.7 Å². The van der Waals surface area contributed by atoms with Crippen molar-refractivity contribution in [2.24, 2.45) is 0 Å². The Kier molecular flexibility index (Phi) is 5.23. The molecule has 0 radical (unpaired) electrons. The van der Waals surface area contributed by atoms with E-state index in [4.69, 9.17) is 41.7 Å². The SMILES string of the molecule is CC1(C)OC1COc1c2c(cc3occc13)O[C@]1(C=C2)O[C@H](COc2c3ccoc3cc3oc(=O)ccc23)C(C)(C)O1. The first kappa shape index (κ1) is 25.5. The second-order valence-electron chi connectivity index (χ2n) is 11.8. The van der Waals surface area contributed by atoms with E-state index in [9.17, 15) is 4.79 Å². The molecule has 42 heavy (non-hydrogen) atoms. The van der Waals surface area contributed by atoms with E-state index in [1.807, 2.05) is 52.0 Å². The van der Waals surface area contributed by atoms with Crippen molar-refractivity contribution in [3.63, 3.8) is 0 Å². The van der Waals surface area contributed by atoms with Gasteiger partial charge in [-0.15, -0.1) is 0 Å². The van der Waals surface area contributed by atoms with E-state index in [0.717, 1.165) is 16.3 Å². The molecule has 5 aromatic rings. The molecule has 8 rings (SSSR count). The Labute approximate surface area is 239 Å². The molecule has 0 bridgehead atoms. The third-order valence-corrected chi connectivity index (χ3v) is 8.14. The van der Waals surface area contributed by atoms with Gasteiger partial charge in [-0.05, 0) is 52.0 Å². The van der Waals surface area contributed by atoms with Crippen molar-refractivity contribution in [3.05, 3.63) is 71.0 Å². The van der Waals surface area contributed by atoms with Crippen molar-refractivity contribution in [3.8, 4) is 17.2 Å². The predicted molar refractivity (Wildman–Crippen MR) is 151 cm³/mol. The third kappa shape index (κ3) is 4.01. The lowest BCUT2D eigenvalue weighted by Crippen LogP contribution is -2.39. The normalized spacial score (nSPS) is 25.2. The number of benzene rings is 2. The summed E-state index contributed by atoms with van der Waals surface area (Å²) in [7, 11) is 0. The average Bonchev–Trinajstić information content (AvgIpc) is 3.35. The Hall–Kier alpha value is -4.25. The van der Waals surface area contributed by atoms with Crippen molar-refractivity contribution in [2.75, 3.05) is 13.2 Å². The highest BCUT2D eigenvalue weighted by Crippen LogP contribution is 2.48. The summed E-state index contributed by atoms with van der Waals surface area (Å²) >= 11 is 0. The summed E-state index contributed by atoms with van der Waals surface area (Å²) in [4.78, 5) is 11.8. The zero-order chi connectivity index (χ0) is 28.9. The molecule has 216 valence electrons. The van der Waals surface area contributed by atoms with Gasteiger partial charge in [-0.2, -0.15) is 0 Å². The first-order chi connectivity index (χ1) is 20.1. The molecule has 0 aliphatic carbocycles. The zero-order valence-electron chi connectivity index (χ0n) is 23.4. The lowest BCUT2D eigenvalue weighted by Gasteiger charge is -2.30. The van der Waals surface area contributed by atoms with Crippen LogP contribution in [0.4, 0.5) is 0 Å². The standard InChI is InChI=1S/C32H28O10/c1-30(2)25(40-30)15-36-29-18-7-10-32(39-24(18)14-22-20(29)9-12-35-22)41-26(31(3,4)42-32)16-37-28-17-5-6-27(33)38-23(17)13-21-19(28)8-11-34-21/h5-14,25-26H,15-16H2,1-4H3/t25?,26-,32-/m1/s1. The first-order valence-corrected chi connectivity index (χ1v) is 13.8. The van der Waals surface area contributed by atoms with Gasteiger partial charge in [0.25, 0.3) is 0 Å². The van der Waals surface area contributed by atoms with Gasteiger partial charge in [0.05, 0.1) is 45.5 Å². The first-order valence-electron chi connectivity index (χ1n) is 13.8. The van der Waals surface area contributed by atoms with Crippen LogP contribution in [0.25, 0.3) is 39.0 Å². The Morgan fingerprint density at radius 2 is 1.40 bits per heavy atom. The molecular weight excluding hydrogens is 544 g/mol. The van der Waals surface area contributed by atoms with Crippen LogP contribution in [0.5, 0.6) is 17.2 Å². The molecular formula is C32H28O10. The van der Waals surface area contributed by atoms with Crippen LogP contribution in [0.2, 0.25) is 0 Å². The Balaban J connectivity index is 1.08. The number of hydrogen-bond acceptors (Lipinski definition) is 10. The molecule has 2 aromatic carbocycles. The lowest BCUT2D eigenvalue weighted by atomic mass is 10.0. The van der Waals surface area contributed by atoms with E-state index in [2.05, 4.69) is 0 Å². The highest BCUT2D eigenvalue weighted by molar-refractivity contribution is 6.01. The van der Waals surface area contributed by atoms with E-state index in [-0.39, 0.29) is 18.3 Å². The number of furan rings is 2. The van der Waals surface area contributed by atoms with Gasteiger partial charge in [0.15, 0.2) is 0 Å². The average molecular weight is 573 g/mol. The van der Waals surface area contributed by atoms with Gasteiger partial charge in [-0.1, -0.05) is 0 Å². The third-order valence-electron chi connectivity index (χ3n) is 8.14. The van der Waals surface area contributed by atoms with E-state index < -0.39 is 23.3 Å². The van der Waals surface area contributed by atoms with Gasteiger partial charge in [0.2, 0.25) is 0 Å². The molecule has 6 heterocycles. The molecule has 2 saturated heterocycles. The zero-order valence-corrected chi connectivity index (χ0v) is 23.4. The largest absolute Gasteiger partial charge is 0.489 e. The Morgan fingerprint density at radius 1 is 0.762 bits per heavy atom. The van der Waals surface area contributed by atoms with Gasteiger partial charge in [0.1, 0.15) is 59.4 Å². The molecule has 1 unspecified atom stereocenters. The minimum atomic E-state index is -1.49. The minimum Gasteiger partial charge on any atom is -0.489 e. The monoisotopic (exact) mass is 572 g/mol. The van der Waals surface area contributed by atoms with Crippen LogP contribution in [0, 0.1) is 0 Å². The fraction of sp³-hybridized carbons (Fsp3) is 0.344. The molecule has 10 heteroatoms. The lowest BCUT2D eigenvalue weighted by molar-refractivity contribution is -0.271. The summed E-state index contributed by atoms with van der Waals surface area (Å²) < 4.78 is 54.2. The van der Waals surface area contributed by atoms with Gasteiger partial charge < -0.3 is 41.7 Å². The quantitative estimate of drug-likeness (QED) is 0.173. The second kappa shape index (κ2) is 8.64. The molecule has 0 amide bonds. The van der Waals surface area contributed by atoms with Crippen molar-refractivity contribution in [1.29, 1.82) is 0 Å². The van der Waals surface area contributed by atoms with E-state index in [0.29, 0.717) is 46.0 Å². The molecule has 3 aromatic heterocycles. The number of epoxide rings is 1. The summed E-state index contributed by atoms with van der Waals surface area (Å²) in [6.07, 6.45) is 6.30. The van der Waals surface area contributed by atoms with Gasteiger partial charge in [-0.3, -0.25) is 0 Å². The van der Waals surface area contributed by atoms with Crippen LogP contribution in [-0.2, 0) is 14.2 Å². The molecule has 0 saturated carbocycles. The predicted octanol–water partition coefficient (Wildman–Crippen LogP) is 6.17. The van der Waals surface area contributed by atoms with E-state index >= 15 is 0 Å². The highest BCUT2D eigenvalue weighted by atomic mass is 16.9. The molecule has 3 aliphatic heterocycles. The van der Waals surface area contributed by atoms with Gasteiger partial charge in [-0.25, -0.2) is 4.79 Å². The number of ether oxygens (including phenoxy) is 6. The minimum absolute atomic E-state index is 0.0132. The maximum Gasteiger partial charge on any atom is 0.350 e. The smallest absolute Gasteiger partial charge is 0.350 e. The molecule has 3 atom stereocenters. The fourth-order valence-electron chi connectivity index (χ4n) is 5.65. The van der Waals surface area contributed by atoms with Crippen LogP contribution in [-0.4, -0.2) is 42.6 Å². The summed E-state index contributed by atoms with van der Waals surface area (Å²) in [6, 6.07) is 10.2. The van der Waals surface area contributed by atoms with Crippen molar-refractivity contribution >= 4 is 39.0 Å². The molecule has 0 N–H and O–H groups in total. The Morgan fingerprint density at radius 3 is 2.14 bits per heavy atom. The van der Waals surface area contributed by atoms with Crippen LogP contribution in [0.15, 0.2) is 73.0 Å². The van der Waals surface area contributed by atoms with Crippen molar-refractivity contribution in [1.82, 2.24) is 0 Å². The second-order valence-corrected chi connectivity index (χ2v) is 11.8. The van der Waals surface area contributed by atoms with E-state index in [1.54, 1.807) is 30.7 Å². The summed E-state index contributed by atoms with van der Waals surface area (Å²) in [6.45, 7) is 8.44. The fourth-order valence-corrected chi connectivity index (χ4v) is 5.65. The number of rotatable bonds is 6. The number of fused-ring (bicyclic) bond motifs is 4. The van der Waals surface area contributed by atoms with Crippen LogP contribution >= 0.6 is 0 Å². The Bertz CT molecular complexity index is 1960. The molecule has 3 aliphatic rings. The maximum atomic E-state index is 11.8. The van der Waals surface area contributed by atoms with Crippen LogP contribution in [0.1, 0.15) is 33.3 Å².